The number of hydrogen-bond donors (Lipinski definition) is 1. The minimum absolute atomic E-state index is 0.0843. The molecule has 0 unspecified atom stereocenters. The fraction of sp³-hybridized carbons (Fsp3) is 0.412. The highest BCUT2D eigenvalue weighted by molar-refractivity contribution is 7.99. The van der Waals surface area contributed by atoms with Gasteiger partial charge in [-0.25, -0.2) is 0 Å². The number of nitrogens with zero attached hydrogens (tertiary/aromatic N) is 4. The Labute approximate surface area is 154 Å². The predicted octanol–water partition coefficient (Wildman–Crippen LogP) is 3.39. The average Bonchev–Trinajstić information content (AvgIpc) is 3.29. The van der Waals surface area contributed by atoms with Gasteiger partial charge in [-0.05, 0) is 36.4 Å². The van der Waals surface area contributed by atoms with Crippen LogP contribution >= 0.6 is 23.1 Å². The number of carbonyl (C=O) groups excluding carboxylic acids is 1. The summed E-state index contributed by atoms with van der Waals surface area (Å²) in [5.74, 6) is 1.20. The third kappa shape index (κ3) is 3.85. The number of thiophene rings is 1. The van der Waals surface area contributed by atoms with E-state index in [1.54, 1.807) is 15.9 Å². The van der Waals surface area contributed by atoms with E-state index in [-0.39, 0.29) is 5.91 Å². The van der Waals surface area contributed by atoms with Crippen LogP contribution in [0.5, 0.6) is 0 Å². The minimum Gasteiger partial charge on any atom is -0.353 e. The van der Waals surface area contributed by atoms with Crippen molar-refractivity contribution >= 4 is 34.7 Å². The molecule has 1 fully saturated rings. The molecule has 0 aliphatic heterocycles. The highest BCUT2D eigenvalue weighted by Crippen LogP contribution is 2.24. The Kier molecular flexibility index (Phi) is 4.98. The quantitative estimate of drug-likeness (QED) is 0.694. The van der Waals surface area contributed by atoms with Gasteiger partial charge in [0.2, 0.25) is 5.91 Å². The summed E-state index contributed by atoms with van der Waals surface area (Å²) in [5.41, 5.74) is 0.708. The number of hydrogen-bond acceptors (Lipinski definition) is 6. The smallest absolute Gasteiger partial charge is 0.230 e. The first-order valence-electron chi connectivity index (χ1n) is 8.48. The molecule has 0 atom stereocenters. The van der Waals surface area contributed by atoms with E-state index in [0.717, 1.165) is 28.6 Å². The lowest BCUT2D eigenvalue weighted by Gasteiger charge is -2.22. The first-order chi connectivity index (χ1) is 12.3. The highest BCUT2D eigenvalue weighted by atomic mass is 32.2. The van der Waals surface area contributed by atoms with E-state index in [0.29, 0.717) is 17.4 Å². The van der Waals surface area contributed by atoms with E-state index in [1.165, 1.54) is 31.0 Å². The molecule has 6 nitrogen and oxygen atoms in total. The van der Waals surface area contributed by atoms with Gasteiger partial charge in [-0.1, -0.05) is 37.1 Å². The summed E-state index contributed by atoms with van der Waals surface area (Å²) in [6, 6.07) is 8.11. The molecule has 0 aromatic carbocycles. The molecule has 0 radical (unpaired) electrons. The van der Waals surface area contributed by atoms with E-state index < -0.39 is 0 Å². The summed E-state index contributed by atoms with van der Waals surface area (Å²) in [6.45, 7) is 0. The molecule has 1 saturated carbocycles. The lowest BCUT2D eigenvalue weighted by molar-refractivity contribution is -0.119. The van der Waals surface area contributed by atoms with Gasteiger partial charge in [0, 0.05) is 6.04 Å². The van der Waals surface area contributed by atoms with Gasteiger partial charge in [-0.3, -0.25) is 4.79 Å². The standard InChI is InChI=1S/C17H19N5OS2/c23-15(18-12-5-2-1-3-6-12)11-25-16-9-8-14-19-20-17(22(14)21-16)13-7-4-10-24-13/h4,7-10,12H,1-3,5-6,11H2,(H,18,23). The second-order valence-electron chi connectivity index (χ2n) is 6.13. The number of fused-ring (bicyclic) bond motifs is 1. The molecule has 0 bridgehead atoms. The molecule has 3 aromatic rings. The van der Waals surface area contributed by atoms with Gasteiger partial charge < -0.3 is 5.32 Å². The van der Waals surface area contributed by atoms with Gasteiger partial charge in [-0.2, -0.15) is 9.61 Å². The Bertz CT molecular complexity index is 855. The van der Waals surface area contributed by atoms with Gasteiger partial charge in [0.05, 0.1) is 10.6 Å². The van der Waals surface area contributed by atoms with Crippen molar-refractivity contribution in [2.75, 3.05) is 5.75 Å². The molecule has 3 heterocycles. The van der Waals surface area contributed by atoms with Crippen molar-refractivity contribution in [1.82, 2.24) is 25.1 Å². The summed E-state index contributed by atoms with van der Waals surface area (Å²) >= 11 is 3.05. The van der Waals surface area contributed by atoms with Gasteiger partial charge >= 0.3 is 0 Å². The third-order valence-electron chi connectivity index (χ3n) is 4.30. The molecule has 130 valence electrons. The van der Waals surface area contributed by atoms with E-state index in [2.05, 4.69) is 20.6 Å². The van der Waals surface area contributed by atoms with Crippen LogP contribution in [-0.4, -0.2) is 37.5 Å². The maximum absolute atomic E-state index is 12.2. The molecule has 1 aliphatic rings. The van der Waals surface area contributed by atoms with Crippen LogP contribution in [0.3, 0.4) is 0 Å². The third-order valence-corrected chi connectivity index (χ3v) is 6.09. The maximum Gasteiger partial charge on any atom is 0.230 e. The van der Waals surface area contributed by atoms with E-state index in [9.17, 15) is 4.79 Å². The Morgan fingerprint density at radius 1 is 1.24 bits per heavy atom. The number of nitrogens with one attached hydrogen (secondary N) is 1. The zero-order valence-corrected chi connectivity index (χ0v) is 15.4. The number of thioether (sulfide) groups is 1. The van der Waals surface area contributed by atoms with Crippen LogP contribution in [0.25, 0.3) is 16.3 Å². The SMILES string of the molecule is O=C(CSc1ccc2nnc(-c3cccs3)n2n1)NC1CCCCC1. The van der Waals surface area contributed by atoms with Crippen molar-refractivity contribution < 1.29 is 4.79 Å². The molecular weight excluding hydrogens is 354 g/mol. The van der Waals surface area contributed by atoms with Crippen LogP contribution < -0.4 is 5.32 Å². The van der Waals surface area contributed by atoms with Crippen molar-refractivity contribution in [2.24, 2.45) is 0 Å². The van der Waals surface area contributed by atoms with Crippen LogP contribution in [0.1, 0.15) is 32.1 Å². The summed E-state index contributed by atoms with van der Waals surface area (Å²) in [7, 11) is 0. The molecule has 1 N–H and O–H groups in total. The molecule has 3 aromatic heterocycles. The van der Waals surface area contributed by atoms with Gasteiger partial charge in [0.15, 0.2) is 11.5 Å². The Morgan fingerprint density at radius 2 is 2.12 bits per heavy atom. The maximum atomic E-state index is 12.2. The molecule has 4 rings (SSSR count). The van der Waals surface area contributed by atoms with Gasteiger partial charge in [0.25, 0.3) is 0 Å². The number of carbonyl (C=O) groups is 1. The lowest BCUT2D eigenvalue weighted by atomic mass is 9.95. The number of rotatable bonds is 5. The fourth-order valence-corrected chi connectivity index (χ4v) is 4.42. The van der Waals surface area contributed by atoms with Crippen LogP contribution in [0.15, 0.2) is 34.7 Å². The Balaban J connectivity index is 1.43. The number of aromatic nitrogens is 4. The van der Waals surface area contributed by atoms with Gasteiger partial charge in [-0.15, -0.1) is 21.5 Å². The molecule has 0 saturated heterocycles. The normalized spacial score (nSPS) is 15.5. The van der Waals surface area contributed by atoms with Crippen molar-refractivity contribution in [2.45, 2.75) is 43.2 Å². The van der Waals surface area contributed by atoms with E-state index >= 15 is 0 Å². The van der Waals surface area contributed by atoms with Crippen LogP contribution in [0.4, 0.5) is 0 Å². The topological polar surface area (TPSA) is 72.2 Å². The molecular formula is C17H19N5OS2. The summed E-state index contributed by atoms with van der Waals surface area (Å²) < 4.78 is 1.74. The fourth-order valence-electron chi connectivity index (χ4n) is 3.06. The van der Waals surface area contributed by atoms with Crippen LogP contribution in [0.2, 0.25) is 0 Å². The monoisotopic (exact) mass is 373 g/mol. The second kappa shape index (κ2) is 7.53. The molecule has 25 heavy (non-hydrogen) atoms. The zero-order chi connectivity index (χ0) is 17.1. The molecule has 8 heteroatoms. The molecule has 1 aliphatic carbocycles. The second-order valence-corrected chi connectivity index (χ2v) is 8.08. The first-order valence-corrected chi connectivity index (χ1v) is 10.3. The zero-order valence-electron chi connectivity index (χ0n) is 13.7. The highest BCUT2D eigenvalue weighted by Gasteiger charge is 2.16. The van der Waals surface area contributed by atoms with Crippen molar-refractivity contribution in [1.29, 1.82) is 0 Å². The van der Waals surface area contributed by atoms with E-state index in [4.69, 9.17) is 0 Å². The van der Waals surface area contributed by atoms with E-state index in [1.807, 2.05) is 29.6 Å². The Hall–Kier alpha value is -1.93. The average molecular weight is 374 g/mol. The molecule has 0 spiro atoms. The lowest BCUT2D eigenvalue weighted by Crippen LogP contribution is -2.37. The van der Waals surface area contributed by atoms with Crippen LogP contribution in [0, 0.1) is 0 Å². The minimum atomic E-state index is 0.0843. The van der Waals surface area contributed by atoms with Crippen molar-refractivity contribution in [3.8, 4) is 10.7 Å². The van der Waals surface area contributed by atoms with Crippen molar-refractivity contribution in [3.63, 3.8) is 0 Å². The molecule has 1 amide bonds. The number of amides is 1. The first kappa shape index (κ1) is 16.5. The van der Waals surface area contributed by atoms with Gasteiger partial charge in [0.1, 0.15) is 5.03 Å². The van der Waals surface area contributed by atoms with Crippen LogP contribution in [-0.2, 0) is 4.79 Å². The summed E-state index contributed by atoms with van der Waals surface area (Å²) in [4.78, 5) is 13.2. The summed E-state index contributed by atoms with van der Waals surface area (Å²) in [6.07, 6.45) is 5.93. The van der Waals surface area contributed by atoms with Crippen molar-refractivity contribution in [3.05, 3.63) is 29.6 Å². The largest absolute Gasteiger partial charge is 0.353 e. The predicted molar refractivity (Wildman–Crippen MR) is 99.8 cm³/mol. The Morgan fingerprint density at radius 3 is 2.92 bits per heavy atom. The summed E-state index contributed by atoms with van der Waals surface area (Å²) in [5, 5.41) is 18.9.